The van der Waals surface area contributed by atoms with Crippen molar-refractivity contribution in [2.75, 3.05) is 19.6 Å². The molecule has 110 valence electrons. The van der Waals surface area contributed by atoms with Crippen LogP contribution < -0.4 is 0 Å². The standard InChI is InChI=1S/C18H27NO/c1-2-8-16-9-11-17(12-10-16)18(20)15-19-13-6-4-3-5-7-14-19/h9-12H,2-8,13-15H2,1H3. The first kappa shape index (κ1) is 15.2. The average Bonchev–Trinajstić information content (AvgIpc) is 2.43. The summed E-state index contributed by atoms with van der Waals surface area (Å²) in [5.74, 6) is 0.272. The Bertz CT molecular complexity index is 402. The summed E-state index contributed by atoms with van der Waals surface area (Å²) in [4.78, 5) is 14.7. The number of carbonyl (C=O) groups excluding carboxylic acids is 1. The lowest BCUT2D eigenvalue weighted by molar-refractivity contribution is 0.0924. The predicted molar refractivity (Wildman–Crippen MR) is 84.3 cm³/mol. The molecule has 1 aliphatic heterocycles. The summed E-state index contributed by atoms with van der Waals surface area (Å²) in [6.45, 7) is 4.94. The van der Waals surface area contributed by atoms with Gasteiger partial charge in [-0.15, -0.1) is 0 Å². The maximum Gasteiger partial charge on any atom is 0.176 e. The molecule has 0 saturated carbocycles. The average molecular weight is 273 g/mol. The van der Waals surface area contributed by atoms with Crippen LogP contribution in [0.5, 0.6) is 0 Å². The molecule has 0 bridgehead atoms. The Hall–Kier alpha value is -1.15. The summed E-state index contributed by atoms with van der Waals surface area (Å²) in [7, 11) is 0. The molecule has 1 heterocycles. The summed E-state index contributed by atoms with van der Waals surface area (Å²) < 4.78 is 0. The Labute approximate surface area is 123 Å². The molecule has 1 saturated heterocycles. The second-order valence-corrected chi connectivity index (χ2v) is 5.91. The molecule has 1 fully saturated rings. The number of rotatable bonds is 5. The van der Waals surface area contributed by atoms with Gasteiger partial charge < -0.3 is 0 Å². The van der Waals surface area contributed by atoms with Crippen LogP contribution in [0.15, 0.2) is 24.3 Å². The first-order chi connectivity index (χ1) is 9.79. The van der Waals surface area contributed by atoms with Crippen LogP contribution in [0.25, 0.3) is 0 Å². The van der Waals surface area contributed by atoms with Crippen molar-refractivity contribution in [1.29, 1.82) is 0 Å². The zero-order valence-electron chi connectivity index (χ0n) is 12.7. The van der Waals surface area contributed by atoms with Gasteiger partial charge in [0.25, 0.3) is 0 Å². The maximum atomic E-state index is 12.3. The monoisotopic (exact) mass is 273 g/mol. The Balaban J connectivity index is 1.89. The lowest BCUT2D eigenvalue weighted by Crippen LogP contribution is -2.32. The fourth-order valence-electron chi connectivity index (χ4n) is 2.91. The molecule has 1 aromatic carbocycles. The van der Waals surface area contributed by atoms with Gasteiger partial charge in [-0.3, -0.25) is 9.69 Å². The molecule has 0 spiro atoms. The summed E-state index contributed by atoms with van der Waals surface area (Å²) in [5.41, 5.74) is 2.20. The molecule has 20 heavy (non-hydrogen) atoms. The van der Waals surface area contributed by atoms with Crippen molar-refractivity contribution >= 4 is 5.78 Å². The van der Waals surface area contributed by atoms with Crippen molar-refractivity contribution in [3.8, 4) is 0 Å². The molecule has 0 atom stereocenters. The smallest absolute Gasteiger partial charge is 0.176 e. The van der Waals surface area contributed by atoms with Gasteiger partial charge in [-0.1, -0.05) is 56.9 Å². The molecule has 0 aromatic heterocycles. The fourth-order valence-corrected chi connectivity index (χ4v) is 2.91. The minimum absolute atomic E-state index is 0.272. The third kappa shape index (κ3) is 4.75. The largest absolute Gasteiger partial charge is 0.296 e. The SMILES string of the molecule is CCCc1ccc(C(=O)CN2CCCCCCC2)cc1. The van der Waals surface area contributed by atoms with Gasteiger partial charge in [0.05, 0.1) is 6.54 Å². The molecule has 0 unspecified atom stereocenters. The van der Waals surface area contributed by atoms with Gasteiger partial charge in [0.1, 0.15) is 0 Å². The van der Waals surface area contributed by atoms with Crippen molar-refractivity contribution in [3.63, 3.8) is 0 Å². The van der Waals surface area contributed by atoms with E-state index in [-0.39, 0.29) is 5.78 Å². The summed E-state index contributed by atoms with van der Waals surface area (Å²) in [5, 5.41) is 0. The third-order valence-electron chi connectivity index (χ3n) is 4.13. The van der Waals surface area contributed by atoms with E-state index in [0.717, 1.165) is 31.5 Å². The van der Waals surface area contributed by atoms with Gasteiger partial charge in [-0.05, 0) is 37.9 Å². The number of hydrogen-bond acceptors (Lipinski definition) is 2. The Kier molecular flexibility index (Phi) is 6.25. The molecule has 0 aliphatic carbocycles. The predicted octanol–water partition coefficient (Wildman–Crippen LogP) is 4.09. The van der Waals surface area contributed by atoms with Crippen molar-refractivity contribution in [2.24, 2.45) is 0 Å². The number of likely N-dealkylation sites (tertiary alicyclic amines) is 1. The Morgan fingerprint density at radius 2 is 1.60 bits per heavy atom. The van der Waals surface area contributed by atoms with Gasteiger partial charge in [-0.2, -0.15) is 0 Å². The van der Waals surface area contributed by atoms with Crippen LogP contribution in [-0.2, 0) is 6.42 Å². The summed E-state index contributed by atoms with van der Waals surface area (Å²) >= 11 is 0. The summed E-state index contributed by atoms with van der Waals surface area (Å²) in [6.07, 6.45) is 8.72. The molecule has 2 rings (SSSR count). The van der Waals surface area contributed by atoms with Crippen molar-refractivity contribution in [1.82, 2.24) is 4.90 Å². The van der Waals surface area contributed by atoms with Gasteiger partial charge >= 0.3 is 0 Å². The number of nitrogens with zero attached hydrogens (tertiary/aromatic N) is 1. The van der Waals surface area contributed by atoms with Gasteiger partial charge in [0, 0.05) is 5.56 Å². The summed E-state index contributed by atoms with van der Waals surface area (Å²) in [6, 6.07) is 8.20. The van der Waals surface area contributed by atoms with Crippen LogP contribution in [-0.4, -0.2) is 30.3 Å². The first-order valence-corrected chi connectivity index (χ1v) is 8.14. The van der Waals surface area contributed by atoms with Gasteiger partial charge in [-0.25, -0.2) is 0 Å². The molecule has 2 nitrogen and oxygen atoms in total. The van der Waals surface area contributed by atoms with Crippen LogP contribution in [0.3, 0.4) is 0 Å². The molecular formula is C18H27NO. The van der Waals surface area contributed by atoms with E-state index in [4.69, 9.17) is 0 Å². The highest BCUT2D eigenvalue weighted by Gasteiger charge is 2.13. The molecule has 2 heteroatoms. The normalized spacial score (nSPS) is 17.4. The van der Waals surface area contributed by atoms with Crippen molar-refractivity contribution < 1.29 is 4.79 Å². The van der Waals surface area contributed by atoms with Crippen LogP contribution in [0.2, 0.25) is 0 Å². The highest BCUT2D eigenvalue weighted by atomic mass is 16.1. The number of Topliss-reactive ketones (excluding diaryl/α,β-unsaturated/α-hetero) is 1. The zero-order chi connectivity index (χ0) is 14.2. The molecule has 0 amide bonds. The van der Waals surface area contributed by atoms with Crippen molar-refractivity contribution in [3.05, 3.63) is 35.4 Å². The van der Waals surface area contributed by atoms with E-state index in [1.807, 2.05) is 12.1 Å². The number of benzene rings is 1. The van der Waals surface area contributed by atoms with E-state index >= 15 is 0 Å². The molecule has 0 radical (unpaired) electrons. The molecule has 0 N–H and O–H groups in total. The van der Waals surface area contributed by atoms with E-state index in [1.165, 1.54) is 37.7 Å². The van der Waals surface area contributed by atoms with Gasteiger partial charge in [0.2, 0.25) is 0 Å². The van der Waals surface area contributed by atoms with Crippen LogP contribution in [0.1, 0.15) is 61.4 Å². The Morgan fingerprint density at radius 3 is 2.20 bits per heavy atom. The third-order valence-corrected chi connectivity index (χ3v) is 4.13. The molecule has 1 aliphatic rings. The van der Waals surface area contributed by atoms with Crippen LogP contribution in [0.4, 0.5) is 0 Å². The number of ketones is 1. The van der Waals surface area contributed by atoms with E-state index in [9.17, 15) is 4.79 Å². The van der Waals surface area contributed by atoms with E-state index in [1.54, 1.807) is 0 Å². The second kappa shape index (κ2) is 8.21. The maximum absolute atomic E-state index is 12.3. The second-order valence-electron chi connectivity index (χ2n) is 5.91. The topological polar surface area (TPSA) is 20.3 Å². The lowest BCUT2D eigenvalue weighted by Gasteiger charge is -2.23. The van der Waals surface area contributed by atoms with E-state index in [0.29, 0.717) is 6.54 Å². The first-order valence-electron chi connectivity index (χ1n) is 8.14. The highest BCUT2D eigenvalue weighted by molar-refractivity contribution is 5.97. The molecule has 1 aromatic rings. The quantitative estimate of drug-likeness (QED) is 0.753. The number of hydrogen-bond donors (Lipinski definition) is 0. The van der Waals surface area contributed by atoms with Gasteiger partial charge in [0.15, 0.2) is 5.78 Å². The minimum atomic E-state index is 0.272. The fraction of sp³-hybridized carbons (Fsp3) is 0.611. The van der Waals surface area contributed by atoms with Crippen LogP contribution in [0, 0.1) is 0 Å². The Morgan fingerprint density at radius 1 is 1.00 bits per heavy atom. The highest BCUT2D eigenvalue weighted by Crippen LogP contribution is 2.12. The van der Waals surface area contributed by atoms with Crippen LogP contribution >= 0.6 is 0 Å². The zero-order valence-corrected chi connectivity index (χ0v) is 12.7. The minimum Gasteiger partial charge on any atom is -0.296 e. The lowest BCUT2D eigenvalue weighted by atomic mass is 10.0. The van der Waals surface area contributed by atoms with E-state index < -0.39 is 0 Å². The number of aryl methyl sites for hydroxylation is 1. The van der Waals surface area contributed by atoms with Crippen molar-refractivity contribution in [2.45, 2.75) is 51.9 Å². The number of carbonyl (C=O) groups is 1. The van der Waals surface area contributed by atoms with E-state index in [2.05, 4.69) is 24.0 Å². The molecular weight excluding hydrogens is 246 g/mol.